The van der Waals surface area contributed by atoms with Gasteiger partial charge in [0.15, 0.2) is 11.5 Å². The fourth-order valence-corrected chi connectivity index (χ4v) is 4.89. The average Bonchev–Trinajstić information content (AvgIpc) is 3.06. The lowest BCUT2D eigenvalue weighted by atomic mass is 10.2. The van der Waals surface area contributed by atoms with Crippen molar-refractivity contribution < 1.29 is 13.7 Å². The van der Waals surface area contributed by atoms with Gasteiger partial charge in [-0.1, -0.05) is 37.3 Å². The molecule has 1 aromatic carbocycles. The van der Waals surface area contributed by atoms with Crippen molar-refractivity contribution in [1.29, 1.82) is 4.78 Å². The molecule has 1 fully saturated rings. The van der Waals surface area contributed by atoms with Crippen LogP contribution in [0, 0.1) is 4.78 Å². The Hall–Kier alpha value is -3.25. The number of nitrogens with zero attached hydrogens (tertiary/aromatic N) is 5. The monoisotopic (exact) mass is 459 g/mol. The van der Waals surface area contributed by atoms with Crippen molar-refractivity contribution in [3.05, 3.63) is 46.4 Å². The molecule has 3 heterocycles. The Morgan fingerprint density at radius 1 is 1.22 bits per heavy atom. The number of carbonyl (C=O) groups excluding carboxylic acids is 1. The number of anilines is 1. The number of ether oxygens (including phenoxy) is 1. The van der Waals surface area contributed by atoms with Crippen LogP contribution in [0.3, 0.4) is 0 Å². The van der Waals surface area contributed by atoms with Gasteiger partial charge in [0.2, 0.25) is 5.16 Å². The second-order valence-corrected chi connectivity index (χ2v) is 9.64. The Morgan fingerprint density at radius 2 is 1.91 bits per heavy atom. The summed E-state index contributed by atoms with van der Waals surface area (Å²) in [5, 5.41) is -0.234. The van der Waals surface area contributed by atoms with Crippen LogP contribution >= 0.6 is 0 Å². The average molecular weight is 460 g/mol. The minimum Gasteiger partial charge on any atom is -0.382 e. The van der Waals surface area contributed by atoms with Crippen molar-refractivity contribution >= 4 is 32.7 Å². The smallest absolute Gasteiger partial charge is 0.339 e. The summed E-state index contributed by atoms with van der Waals surface area (Å²) in [6, 6.07) is 8.68. The van der Waals surface area contributed by atoms with Gasteiger partial charge in [-0.2, -0.15) is 4.98 Å². The van der Waals surface area contributed by atoms with Crippen LogP contribution in [-0.2, 0) is 21.0 Å². The number of rotatable bonds is 5. The molecule has 3 aromatic rings. The van der Waals surface area contributed by atoms with Gasteiger partial charge < -0.3 is 15.4 Å². The number of hydrogen-bond acceptors (Lipinski definition) is 8. The van der Waals surface area contributed by atoms with E-state index in [2.05, 4.69) is 9.97 Å². The Kier molecular flexibility index (Phi) is 5.98. The van der Waals surface area contributed by atoms with E-state index in [0.29, 0.717) is 32.7 Å². The van der Waals surface area contributed by atoms with Crippen molar-refractivity contribution in [1.82, 2.24) is 24.0 Å². The molecule has 1 saturated heterocycles. The lowest BCUT2D eigenvalue weighted by molar-refractivity contribution is 0.0535. The van der Waals surface area contributed by atoms with Crippen molar-refractivity contribution in [2.24, 2.45) is 0 Å². The number of nitrogens with two attached hydrogens (primary N) is 1. The number of imidazole rings is 1. The van der Waals surface area contributed by atoms with Crippen LogP contribution in [0.4, 0.5) is 10.6 Å². The maximum absolute atomic E-state index is 13.4. The van der Waals surface area contributed by atoms with E-state index >= 15 is 0 Å². The molecule has 170 valence electrons. The molecule has 12 heteroatoms. The topological polar surface area (TPSA) is 149 Å². The predicted octanol–water partition coefficient (Wildman–Crippen LogP) is 1.34. The zero-order valence-corrected chi connectivity index (χ0v) is 18.5. The normalized spacial score (nSPS) is 16.2. The SMILES string of the molecule is CCCS(=N)(=O)c1nc(N)c2c(n1)n(Cc1ccccc1)c(=O)n2C(=O)N1CCOCC1. The van der Waals surface area contributed by atoms with E-state index in [1.54, 1.807) is 6.92 Å². The van der Waals surface area contributed by atoms with E-state index in [1.807, 2.05) is 30.3 Å². The second-order valence-electron chi connectivity index (χ2n) is 7.51. The Morgan fingerprint density at radius 3 is 2.56 bits per heavy atom. The van der Waals surface area contributed by atoms with E-state index in [1.165, 1.54) is 9.47 Å². The molecule has 32 heavy (non-hydrogen) atoms. The highest BCUT2D eigenvalue weighted by molar-refractivity contribution is 7.92. The molecule has 1 unspecified atom stereocenters. The maximum atomic E-state index is 13.4. The molecule has 1 aliphatic rings. The first-order chi connectivity index (χ1) is 15.3. The number of amides is 1. The van der Waals surface area contributed by atoms with Gasteiger partial charge in [-0.3, -0.25) is 4.57 Å². The summed E-state index contributed by atoms with van der Waals surface area (Å²) in [6.07, 6.45) is 0.497. The summed E-state index contributed by atoms with van der Waals surface area (Å²) >= 11 is 0. The van der Waals surface area contributed by atoms with Gasteiger partial charge >= 0.3 is 11.7 Å². The van der Waals surface area contributed by atoms with E-state index in [9.17, 15) is 13.8 Å². The van der Waals surface area contributed by atoms with Gasteiger partial charge in [0, 0.05) is 18.8 Å². The van der Waals surface area contributed by atoms with Crippen LogP contribution in [0.25, 0.3) is 11.2 Å². The lowest BCUT2D eigenvalue weighted by Crippen LogP contribution is -2.46. The summed E-state index contributed by atoms with van der Waals surface area (Å²) in [6.45, 7) is 3.36. The molecule has 1 atom stereocenters. The van der Waals surface area contributed by atoms with E-state index < -0.39 is 21.4 Å². The fraction of sp³-hybridized carbons (Fsp3) is 0.400. The third-order valence-corrected chi connectivity index (χ3v) is 6.97. The van der Waals surface area contributed by atoms with E-state index in [0.717, 1.165) is 10.1 Å². The molecule has 0 saturated carbocycles. The maximum Gasteiger partial charge on any atom is 0.339 e. The Bertz CT molecular complexity index is 1310. The number of carbonyl (C=O) groups is 1. The van der Waals surface area contributed by atoms with Gasteiger partial charge in [-0.15, -0.1) is 0 Å². The number of benzene rings is 1. The number of hydrogen-bond donors (Lipinski definition) is 2. The molecule has 0 aliphatic carbocycles. The third kappa shape index (κ3) is 3.98. The Balaban J connectivity index is 1.94. The molecule has 0 radical (unpaired) electrons. The zero-order valence-electron chi connectivity index (χ0n) is 17.7. The van der Waals surface area contributed by atoms with Crippen LogP contribution < -0.4 is 11.4 Å². The number of fused-ring (bicyclic) bond motifs is 1. The summed E-state index contributed by atoms with van der Waals surface area (Å²) in [5.41, 5.74) is 6.49. The molecule has 0 bridgehead atoms. The zero-order chi connectivity index (χ0) is 22.9. The highest BCUT2D eigenvalue weighted by Crippen LogP contribution is 2.22. The number of morpholine rings is 1. The summed E-state index contributed by atoms with van der Waals surface area (Å²) in [5.74, 6) is -0.0968. The van der Waals surface area contributed by atoms with Crippen molar-refractivity contribution in [3.63, 3.8) is 0 Å². The number of aromatic nitrogens is 4. The largest absolute Gasteiger partial charge is 0.382 e. The van der Waals surface area contributed by atoms with E-state index in [4.69, 9.17) is 15.3 Å². The molecule has 2 aromatic heterocycles. The first-order valence-corrected chi connectivity index (χ1v) is 12.0. The molecule has 3 N–H and O–H groups in total. The summed E-state index contributed by atoms with van der Waals surface area (Å²) in [7, 11) is -3.30. The molecule has 4 rings (SSSR count). The predicted molar refractivity (Wildman–Crippen MR) is 119 cm³/mol. The summed E-state index contributed by atoms with van der Waals surface area (Å²) < 4.78 is 28.6. The van der Waals surface area contributed by atoms with Gasteiger partial charge in [-0.05, 0) is 12.0 Å². The number of nitrogen functional groups attached to an aromatic ring is 1. The van der Waals surface area contributed by atoms with Crippen LogP contribution in [0.15, 0.2) is 40.3 Å². The molecule has 11 nitrogen and oxygen atoms in total. The van der Waals surface area contributed by atoms with E-state index in [-0.39, 0.29) is 34.4 Å². The molecule has 1 amide bonds. The highest BCUT2D eigenvalue weighted by Gasteiger charge is 2.29. The van der Waals surface area contributed by atoms with Crippen LogP contribution in [-0.4, -0.2) is 66.3 Å². The molecular weight excluding hydrogens is 434 g/mol. The van der Waals surface area contributed by atoms with Gasteiger partial charge in [0.1, 0.15) is 15.2 Å². The lowest BCUT2D eigenvalue weighted by Gasteiger charge is -2.26. The van der Waals surface area contributed by atoms with Crippen LogP contribution in [0.2, 0.25) is 0 Å². The van der Waals surface area contributed by atoms with Gasteiger partial charge in [-0.25, -0.2) is 28.1 Å². The molecule has 0 spiro atoms. The third-order valence-electron chi connectivity index (χ3n) is 5.22. The number of nitrogens with one attached hydrogen (secondary N) is 1. The molecule has 1 aliphatic heterocycles. The van der Waals surface area contributed by atoms with Crippen molar-refractivity contribution in [2.75, 3.05) is 37.8 Å². The van der Waals surface area contributed by atoms with Crippen molar-refractivity contribution in [3.8, 4) is 0 Å². The quantitative estimate of drug-likeness (QED) is 0.547. The first kappa shape index (κ1) is 22.0. The highest BCUT2D eigenvalue weighted by atomic mass is 32.2. The van der Waals surface area contributed by atoms with Crippen molar-refractivity contribution in [2.45, 2.75) is 25.0 Å². The van der Waals surface area contributed by atoms with Crippen LogP contribution in [0.5, 0.6) is 0 Å². The van der Waals surface area contributed by atoms with Gasteiger partial charge in [0.05, 0.1) is 19.8 Å². The van der Waals surface area contributed by atoms with Crippen LogP contribution in [0.1, 0.15) is 18.9 Å². The standard InChI is InChI=1S/C20H25N7O4S/c1-2-12-32(22,30)18-23-16(21)15-17(24-18)26(13-14-6-4-3-5-7-14)20(29)27(15)19(28)25-8-10-31-11-9-25/h3-7,22H,2,8-13H2,1H3,(H2,21,23,24). The van der Waals surface area contributed by atoms with Gasteiger partial charge in [0.25, 0.3) is 0 Å². The summed E-state index contributed by atoms with van der Waals surface area (Å²) in [4.78, 5) is 36.6. The minimum absolute atomic E-state index is 0.0536. The Labute approximate surface area is 184 Å². The second kappa shape index (κ2) is 8.71. The fourth-order valence-electron chi connectivity index (χ4n) is 3.66. The minimum atomic E-state index is -3.30. The first-order valence-electron chi connectivity index (χ1n) is 10.3. The molecular formula is C20H25N7O4S.